The molecule has 0 spiro atoms. The summed E-state index contributed by atoms with van der Waals surface area (Å²) in [6, 6.07) is 0. The summed E-state index contributed by atoms with van der Waals surface area (Å²) in [4.78, 5) is 35.6. The predicted molar refractivity (Wildman–Crippen MR) is 230 cm³/mol. The number of carbonyl (C=O) groups excluding carboxylic acids is 2. The van der Waals surface area contributed by atoms with Gasteiger partial charge in [0.2, 0.25) is 0 Å². The Kier molecular flexibility index (Phi) is 32.5. The van der Waals surface area contributed by atoms with Crippen molar-refractivity contribution >= 4 is 19.8 Å². The van der Waals surface area contributed by atoms with Gasteiger partial charge in [-0.2, -0.15) is 0 Å². The van der Waals surface area contributed by atoms with E-state index in [0.29, 0.717) is 19.3 Å². The van der Waals surface area contributed by atoms with E-state index in [0.717, 1.165) is 64.2 Å². The van der Waals surface area contributed by atoms with E-state index in [1.54, 1.807) is 0 Å². The van der Waals surface area contributed by atoms with Crippen molar-refractivity contribution in [1.82, 2.24) is 0 Å². The Morgan fingerprint density at radius 1 is 0.525 bits per heavy atom. The van der Waals surface area contributed by atoms with Gasteiger partial charge in [-0.25, -0.2) is 4.57 Å². The lowest BCUT2D eigenvalue weighted by Crippen LogP contribution is -2.64. The zero-order valence-electron chi connectivity index (χ0n) is 35.8. The first kappa shape index (κ1) is 54.6. The molecule has 1 saturated carbocycles. The SMILES string of the molecule is CCCCC/C=C/C/C=C/C/C=C/C/C=C/CCCC(=O)OC[C@@H](COP(=O)(O)OC1C(O)C(O)C(O)[C@H](O)C1O)OC(=O)CCCCCCC/C=C/CCCCCC. The number of phosphoric ester groups is 1. The molecule has 0 aromatic heterocycles. The number of phosphoric acid groups is 1. The third kappa shape index (κ3) is 27.9. The van der Waals surface area contributed by atoms with E-state index in [-0.39, 0.29) is 12.8 Å². The van der Waals surface area contributed by atoms with Gasteiger partial charge in [0, 0.05) is 12.8 Å². The minimum absolute atomic E-state index is 0.0725. The van der Waals surface area contributed by atoms with Gasteiger partial charge < -0.3 is 39.9 Å². The quantitative estimate of drug-likeness (QED) is 0.0154. The molecule has 0 saturated heterocycles. The van der Waals surface area contributed by atoms with Crippen LogP contribution in [0.2, 0.25) is 0 Å². The summed E-state index contributed by atoms with van der Waals surface area (Å²) in [5, 5.41) is 50.1. The molecule has 6 unspecified atom stereocenters. The molecule has 1 fully saturated rings. The van der Waals surface area contributed by atoms with Crippen LogP contribution in [0, 0.1) is 0 Å². The maximum atomic E-state index is 12.8. The van der Waals surface area contributed by atoms with Gasteiger partial charge in [0.25, 0.3) is 0 Å². The molecule has 0 aromatic carbocycles. The molecule has 0 bridgehead atoms. The van der Waals surface area contributed by atoms with Crippen LogP contribution in [0.5, 0.6) is 0 Å². The summed E-state index contributed by atoms with van der Waals surface area (Å²) < 4.78 is 33.4. The number of hydrogen-bond donors (Lipinski definition) is 6. The first-order valence-electron chi connectivity index (χ1n) is 22.1. The van der Waals surface area contributed by atoms with E-state index < -0.39 is 75.7 Å². The molecule has 0 heterocycles. The summed E-state index contributed by atoms with van der Waals surface area (Å²) in [6.07, 6.45) is 28.6. The Balaban J connectivity index is 2.53. The Labute approximate surface area is 353 Å². The van der Waals surface area contributed by atoms with Crippen molar-refractivity contribution in [3.05, 3.63) is 60.8 Å². The van der Waals surface area contributed by atoms with Crippen LogP contribution in [-0.2, 0) is 32.7 Å². The molecule has 340 valence electrons. The Morgan fingerprint density at radius 2 is 0.932 bits per heavy atom. The highest BCUT2D eigenvalue weighted by molar-refractivity contribution is 7.47. The van der Waals surface area contributed by atoms with Gasteiger partial charge in [0.05, 0.1) is 6.61 Å². The standard InChI is InChI=1S/C45H77O13P/c1-3-5-7-9-11-13-15-17-18-19-20-22-23-25-27-29-31-33-38(46)55-35-37(36-56-59(53,54)58-45-43(51)41(49)40(48)42(50)44(45)52)57-39(47)34-32-30-28-26-24-21-16-14-12-10-8-6-4-2/h11,13-14,16-18,20,22,25,27,37,40-45,48-52H,3-10,12,15,19,21,23-24,26,28-36H2,1-2H3,(H,53,54)/b13-11+,16-14+,18-17+,22-20+,27-25+/t37-,40?,41-,42?,43?,44?,45?/m0/s1. The second-order valence-electron chi connectivity index (χ2n) is 15.2. The molecule has 14 heteroatoms. The number of aliphatic hydroxyl groups excluding tert-OH is 5. The molecule has 13 nitrogen and oxygen atoms in total. The molecule has 0 amide bonds. The van der Waals surface area contributed by atoms with E-state index >= 15 is 0 Å². The number of carbonyl (C=O) groups is 2. The second kappa shape index (κ2) is 35.2. The fourth-order valence-electron chi connectivity index (χ4n) is 6.21. The zero-order valence-corrected chi connectivity index (χ0v) is 36.7. The number of ether oxygens (including phenoxy) is 2. The van der Waals surface area contributed by atoms with Crippen LogP contribution in [0.1, 0.15) is 155 Å². The van der Waals surface area contributed by atoms with Crippen molar-refractivity contribution in [2.45, 2.75) is 198 Å². The number of aliphatic hydroxyl groups is 5. The summed E-state index contributed by atoms with van der Waals surface area (Å²) in [5.74, 6) is -1.18. The van der Waals surface area contributed by atoms with Crippen LogP contribution in [0.4, 0.5) is 0 Å². The molecule has 0 aliphatic heterocycles. The van der Waals surface area contributed by atoms with E-state index in [2.05, 4.69) is 62.5 Å². The summed E-state index contributed by atoms with van der Waals surface area (Å²) in [6.45, 7) is 3.18. The van der Waals surface area contributed by atoms with E-state index in [1.165, 1.54) is 44.9 Å². The molecule has 8 atom stereocenters. The van der Waals surface area contributed by atoms with E-state index in [4.69, 9.17) is 18.5 Å². The van der Waals surface area contributed by atoms with Gasteiger partial charge in [-0.15, -0.1) is 0 Å². The van der Waals surface area contributed by atoms with Crippen molar-refractivity contribution in [1.29, 1.82) is 0 Å². The Bertz CT molecular complexity index is 1270. The monoisotopic (exact) mass is 857 g/mol. The fraction of sp³-hybridized carbons (Fsp3) is 0.733. The fourth-order valence-corrected chi connectivity index (χ4v) is 7.19. The van der Waals surface area contributed by atoms with Crippen molar-refractivity contribution < 1.29 is 63.1 Å². The summed E-state index contributed by atoms with van der Waals surface area (Å²) in [5.41, 5.74) is 0. The normalized spacial score (nSPS) is 22.9. The maximum Gasteiger partial charge on any atom is 0.472 e. The lowest BCUT2D eigenvalue weighted by Gasteiger charge is -2.41. The van der Waals surface area contributed by atoms with Crippen LogP contribution in [0.3, 0.4) is 0 Å². The smallest absolute Gasteiger partial charge is 0.462 e. The molecule has 1 rings (SSSR count). The van der Waals surface area contributed by atoms with Gasteiger partial charge in [0.1, 0.15) is 43.2 Å². The highest BCUT2D eigenvalue weighted by Gasteiger charge is 2.51. The van der Waals surface area contributed by atoms with Gasteiger partial charge in [-0.05, 0) is 77.0 Å². The van der Waals surface area contributed by atoms with Crippen molar-refractivity contribution in [2.24, 2.45) is 0 Å². The van der Waals surface area contributed by atoms with Gasteiger partial charge in [0.15, 0.2) is 6.10 Å². The molecule has 0 aromatic rings. The lowest BCUT2D eigenvalue weighted by atomic mass is 9.85. The second-order valence-corrected chi connectivity index (χ2v) is 16.6. The Hall–Kier alpha value is -2.45. The van der Waals surface area contributed by atoms with E-state index in [9.17, 15) is 44.6 Å². The molecule has 59 heavy (non-hydrogen) atoms. The summed E-state index contributed by atoms with van der Waals surface area (Å²) >= 11 is 0. The number of rotatable bonds is 35. The van der Waals surface area contributed by atoms with Crippen molar-refractivity contribution in [3.8, 4) is 0 Å². The number of esters is 2. The van der Waals surface area contributed by atoms with Crippen LogP contribution in [-0.4, -0.2) is 98.3 Å². The van der Waals surface area contributed by atoms with Crippen LogP contribution in [0.15, 0.2) is 60.8 Å². The molecular weight excluding hydrogens is 779 g/mol. The number of unbranched alkanes of at least 4 members (excludes halogenated alkanes) is 13. The molecule has 6 N–H and O–H groups in total. The lowest BCUT2D eigenvalue weighted by molar-refractivity contribution is -0.220. The highest BCUT2D eigenvalue weighted by atomic mass is 31.2. The van der Waals surface area contributed by atoms with Gasteiger partial charge in [-0.1, -0.05) is 126 Å². The molecule has 0 radical (unpaired) electrons. The van der Waals surface area contributed by atoms with E-state index in [1.807, 2.05) is 12.2 Å². The first-order valence-corrected chi connectivity index (χ1v) is 23.6. The van der Waals surface area contributed by atoms with Crippen molar-refractivity contribution in [2.75, 3.05) is 13.2 Å². The molecule has 1 aliphatic rings. The number of hydrogen-bond acceptors (Lipinski definition) is 12. The third-order valence-corrected chi connectivity index (χ3v) is 10.8. The third-order valence-electron chi connectivity index (χ3n) is 9.83. The number of allylic oxidation sites excluding steroid dienone is 10. The molecule has 1 aliphatic carbocycles. The minimum atomic E-state index is -5.13. The van der Waals surface area contributed by atoms with Gasteiger partial charge in [-0.3, -0.25) is 18.6 Å². The predicted octanol–water partition coefficient (Wildman–Crippen LogP) is 8.16. The maximum absolute atomic E-state index is 12.8. The van der Waals surface area contributed by atoms with Crippen LogP contribution in [0.25, 0.3) is 0 Å². The summed E-state index contributed by atoms with van der Waals surface area (Å²) in [7, 11) is -5.13. The first-order chi connectivity index (χ1) is 28.4. The molecular formula is C45H77O13P. The minimum Gasteiger partial charge on any atom is -0.462 e. The zero-order chi connectivity index (χ0) is 43.6. The average Bonchev–Trinajstić information content (AvgIpc) is 3.21. The van der Waals surface area contributed by atoms with Gasteiger partial charge >= 0.3 is 19.8 Å². The topological polar surface area (TPSA) is 210 Å². The highest BCUT2D eigenvalue weighted by Crippen LogP contribution is 2.47. The largest absolute Gasteiger partial charge is 0.472 e. The van der Waals surface area contributed by atoms with Crippen LogP contribution < -0.4 is 0 Å². The average molecular weight is 857 g/mol. The van der Waals surface area contributed by atoms with Crippen molar-refractivity contribution in [3.63, 3.8) is 0 Å². The van der Waals surface area contributed by atoms with Crippen LogP contribution >= 0.6 is 7.82 Å². The Morgan fingerprint density at radius 3 is 1.49 bits per heavy atom.